The highest BCUT2D eigenvalue weighted by molar-refractivity contribution is 6.06. The highest BCUT2D eigenvalue weighted by Crippen LogP contribution is 2.40. The van der Waals surface area contributed by atoms with Crippen LogP contribution in [0.5, 0.6) is 0 Å². The third-order valence-corrected chi connectivity index (χ3v) is 4.09. The summed E-state index contributed by atoms with van der Waals surface area (Å²) in [4.78, 5) is 26.1. The molecule has 22 heavy (non-hydrogen) atoms. The van der Waals surface area contributed by atoms with Crippen molar-refractivity contribution >= 4 is 17.4 Å². The Morgan fingerprint density at radius 3 is 2.55 bits per heavy atom. The second kappa shape index (κ2) is 5.76. The second-order valence-corrected chi connectivity index (χ2v) is 5.93. The Bertz CT molecular complexity index is 721. The highest BCUT2D eigenvalue weighted by atomic mass is 16.2. The van der Waals surface area contributed by atoms with Gasteiger partial charge in [-0.15, -0.1) is 0 Å². The fourth-order valence-corrected chi connectivity index (χ4v) is 3.05. The Morgan fingerprint density at radius 2 is 1.86 bits per heavy atom. The molecular formula is C19H19NO2. The monoisotopic (exact) mass is 293 g/mol. The molecule has 1 aliphatic rings. The van der Waals surface area contributed by atoms with Crippen LogP contribution in [0.1, 0.15) is 36.0 Å². The molecule has 1 unspecified atom stereocenters. The van der Waals surface area contributed by atoms with Crippen molar-refractivity contribution in [1.82, 2.24) is 0 Å². The van der Waals surface area contributed by atoms with Gasteiger partial charge in [0.15, 0.2) is 0 Å². The zero-order valence-corrected chi connectivity index (χ0v) is 12.9. The first-order chi connectivity index (χ1) is 10.6. The summed E-state index contributed by atoms with van der Waals surface area (Å²) in [5.74, 6) is -0.261. The van der Waals surface area contributed by atoms with E-state index in [9.17, 15) is 9.59 Å². The van der Waals surface area contributed by atoms with E-state index in [1.807, 2.05) is 55.5 Å². The van der Waals surface area contributed by atoms with Gasteiger partial charge >= 0.3 is 0 Å². The Labute approximate surface area is 130 Å². The molecule has 1 atom stereocenters. The smallest absolute Gasteiger partial charge is 0.235 e. The Kier molecular flexibility index (Phi) is 3.80. The van der Waals surface area contributed by atoms with Crippen LogP contribution in [-0.4, -0.2) is 11.7 Å². The van der Waals surface area contributed by atoms with Gasteiger partial charge in [-0.25, -0.2) is 0 Å². The van der Waals surface area contributed by atoms with Crippen LogP contribution in [0.2, 0.25) is 0 Å². The predicted octanol–water partition coefficient (Wildman–Crippen LogP) is 3.60. The normalized spacial score (nSPS) is 16.7. The number of nitrogens with zero attached hydrogens (tertiary/aromatic N) is 1. The van der Waals surface area contributed by atoms with Crippen LogP contribution in [0.4, 0.5) is 5.69 Å². The third-order valence-electron chi connectivity index (χ3n) is 4.09. The summed E-state index contributed by atoms with van der Waals surface area (Å²) >= 11 is 0. The molecule has 0 radical (unpaired) electrons. The molecule has 0 N–H and O–H groups in total. The van der Waals surface area contributed by atoms with Crippen molar-refractivity contribution in [3.05, 3.63) is 65.2 Å². The number of amides is 1. The number of carbonyl (C=O) groups excluding carboxylic acids is 2. The molecule has 1 aliphatic heterocycles. The molecule has 3 heteroatoms. The van der Waals surface area contributed by atoms with Gasteiger partial charge in [-0.2, -0.15) is 0 Å². The van der Waals surface area contributed by atoms with Crippen molar-refractivity contribution in [1.29, 1.82) is 0 Å². The Hall–Kier alpha value is -2.42. The maximum Gasteiger partial charge on any atom is 0.235 e. The van der Waals surface area contributed by atoms with Crippen LogP contribution >= 0.6 is 0 Å². The first-order valence-corrected chi connectivity index (χ1v) is 7.51. The molecule has 3 rings (SSSR count). The minimum absolute atomic E-state index is 0.0275. The van der Waals surface area contributed by atoms with Gasteiger partial charge in [0.1, 0.15) is 5.78 Å². The van der Waals surface area contributed by atoms with E-state index in [2.05, 4.69) is 0 Å². The molecule has 0 aromatic heterocycles. The number of ketones is 1. The molecular weight excluding hydrogens is 274 g/mol. The molecule has 3 nitrogen and oxygen atoms in total. The summed E-state index contributed by atoms with van der Waals surface area (Å²) in [5, 5.41) is 0. The van der Waals surface area contributed by atoms with E-state index in [1.165, 1.54) is 0 Å². The lowest BCUT2D eigenvalue weighted by Crippen LogP contribution is -2.28. The molecule has 1 heterocycles. The number of rotatable bonds is 4. The van der Waals surface area contributed by atoms with E-state index in [-0.39, 0.29) is 24.0 Å². The standard InChI is InChI=1S/C19H19NO2/c1-13-8-9-18-16(10-13)17(11-14(2)21)19(22)20(18)12-15-6-4-3-5-7-15/h3-10,17H,11-12H2,1-2H3. The number of aryl methyl sites for hydroxylation is 1. The van der Waals surface area contributed by atoms with Crippen LogP contribution in [0.3, 0.4) is 0 Å². The number of Topliss-reactive ketones (excluding diaryl/α,β-unsaturated/α-hetero) is 1. The molecule has 0 saturated heterocycles. The fraction of sp³-hybridized carbons (Fsp3) is 0.263. The lowest BCUT2D eigenvalue weighted by atomic mass is 9.94. The lowest BCUT2D eigenvalue weighted by Gasteiger charge is -2.18. The van der Waals surface area contributed by atoms with Crippen LogP contribution in [0, 0.1) is 6.92 Å². The summed E-state index contributed by atoms with van der Waals surface area (Å²) in [6.07, 6.45) is 0.278. The molecule has 112 valence electrons. The van der Waals surface area contributed by atoms with Crippen molar-refractivity contribution in [2.45, 2.75) is 32.7 Å². The molecule has 0 fully saturated rings. The average molecular weight is 293 g/mol. The zero-order valence-electron chi connectivity index (χ0n) is 12.9. The van der Waals surface area contributed by atoms with Crippen LogP contribution in [-0.2, 0) is 16.1 Å². The number of anilines is 1. The SMILES string of the molecule is CC(=O)CC1C(=O)N(Cc2ccccc2)c2ccc(C)cc21. The molecule has 0 aliphatic carbocycles. The van der Waals surface area contributed by atoms with Crippen LogP contribution < -0.4 is 4.90 Å². The van der Waals surface area contributed by atoms with Gasteiger partial charge in [-0.05, 0) is 31.0 Å². The largest absolute Gasteiger partial charge is 0.307 e. The average Bonchev–Trinajstić information content (AvgIpc) is 2.73. The fourth-order valence-electron chi connectivity index (χ4n) is 3.05. The van der Waals surface area contributed by atoms with E-state index in [0.29, 0.717) is 6.54 Å². The molecule has 2 aromatic carbocycles. The molecule has 2 aromatic rings. The number of hydrogen-bond donors (Lipinski definition) is 0. The molecule has 0 saturated carbocycles. The minimum atomic E-state index is -0.337. The van der Waals surface area contributed by atoms with Gasteiger partial charge in [0.2, 0.25) is 5.91 Å². The van der Waals surface area contributed by atoms with Gasteiger partial charge < -0.3 is 4.90 Å². The van der Waals surface area contributed by atoms with E-state index < -0.39 is 0 Å². The summed E-state index contributed by atoms with van der Waals surface area (Å²) in [6, 6.07) is 16.0. The molecule has 0 bridgehead atoms. The van der Waals surface area contributed by atoms with Gasteiger partial charge in [0, 0.05) is 12.1 Å². The van der Waals surface area contributed by atoms with Crippen molar-refractivity contribution < 1.29 is 9.59 Å². The number of carbonyl (C=O) groups is 2. The van der Waals surface area contributed by atoms with Gasteiger partial charge in [-0.1, -0.05) is 48.0 Å². The third kappa shape index (κ3) is 2.67. The van der Waals surface area contributed by atoms with Gasteiger partial charge in [0.25, 0.3) is 0 Å². The topological polar surface area (TPSA) is 37.4 Å². The first-order valence-electron chi connectivity index (χ1n) is 7.51. The van der Waals surface area contributed by atoms with Crippen molar-refractivity contribution in [2.75, 3.05) is 4.90 Å². The minimum Gasteiger partial charge on any atom is -0.307 e. The van der Waals surface area contributed by atoms with E-state index in [4.69, 9.17) is 0 Å². The Morgan fingerprint density at radius 1 is 1.14 bits per heavy atom. The van der Waals surface area contributed by atoms with Crippen LogP contribution in [0.15, 0.2) is 48.5 Å². The van der Waals surface area contributed by atoms with E-state index in [0.717, 1.165) is 22.4 Å². The lowest BCUT2D eigenvalue weighted by molar-refractivity contribution is -0.123. The van der Waals surface area contributed by atoms with E-state index in [1.54, 1.807) is 11.8 Å². The first kappa shape index (κ1) is 14.5. The van der Waals surface area contributed by atoms with E-state index >= 15 is 0 Å². The zero-order chi connectivity index (χ0) is 15.7. The predicted molar refractivity (Wildman–Crippen MR) is 86.9 cm³/mol. The van der Waals surface area contributed by atoms with Crippen molar-refractivity contribution in [3.8, 4) is 0 Å². The summed E-state index contributed by atoms with van der Waals surface area (Å²) in [6.45, 7) is 4.10. The summed E-state index contributed by atoms with van der Waals surface area (Å²) in [5.41, 5.74) is 4.12. The summed E-state index contributed by atoms with van der Waals surface area (Å²) < 4.78 is 0. The van der Waals surface area contributed by atoms with Gasteiger partial charge in [-0.3, -0.25) is 9.59 Å². The quantitative estimate of drug-likeness (QED) is 0.863. The molecule has 0 spiro atoms. The Balaban J connectivity index is 1.98. The van der Waals surface area contributed by atoms with Crippen molar-refractivity contribution in [3.63, 3.8) is 0 Å². The van der Waals surface area contributed by atoms with Crippen molar-refractivity contribution in [2.24, 2.45) is 0 Å². The maximum atomic E-state index is 12.8. The number of fused-ring (bicyclic) bond motifs is 1. The van der Waals surface area contributed by atoms with Gasteiger partial charge in [0.05, 0.1) is 12.5 Å². The second-order valence-electron chi connectivity index (χ2n) is 5.93. The number of hydrogen-bond acceptors (Lipinski definition) is 2. The summed E-state index contributed by atoms with van der Waals surface area (Å²) in [7, 11) is 0. The highest BCUT2D eigenvalue weighted by Gasteiger charge is 2.37. The van der Waals surface area contributed by atoms with Crippen LogP contribution in [0.25, 0.3) is 0 Å². The number of benzene rings is 2. The maximum absolute atomic E-state index is 12.8. The molecule has 1 amide bonds.